The van der Waals surface area contributed by atoms with Crippen molar-refractivity contribution in [3.63, 3.8) is 0 Å². The molecule has 2 aromatic heterocycles. The predicted octanol–water partition coefficient (Wildman–Crippen LogP) is 2.76. The number of carbonyl (C=O) groups is 2. The SMILES string of the molecule is COc1cc2c(cc1NC(=O)COC(=O)c1nccnc1N)oc1ccccc12. The van der Waals surface area contributed by atoms with Gasteiger partial charge in [-0.15, -0.1) is 0 Å². The van der Waals surface area contributed by atoms with Crippen molar-refractivity contribution in [2.75, 3.05) is 24.8 Å². The van der Waals surface area contributed by atoms with Gasteiger partial charge in [-0.25, -0.2) is 14.8 Å². The zero-order valence-electron chi connectivity index (χ0n) is 15.3. The van der Waals surface area contributed by atoms with Crippen molar-refractivity contribution in [1.29, 1.82) is 0 Å². The number of carbonyl (C=O) groups excluding carboxylic acids is 2. The zero-order chi connectivity index (χ0) is 20.4. The van der Waals surface area contributed by atoms with Crippen molar-refractivity contribution in [2.24, 2.45) is 0 Å². The number of para-hydroxylation sites is 1. The summed E-state index contributed by atoms with van der Waals surface area (Å²) in [6, 6.07) is 11.0. The number of nitrogens with one attached hydrogen (secondary N) is 1. The van der Waals surface area contributed by atoms with Crippen molar-refractivity contribution < 1.29 is 23.5 Å². The van der Waals surface area contributed by atoms with Gasteiger partial charge in [0.1, 0.15) is 16.9 Å². The number of methoxy groups -OCH3 is 1. The molecule has 0 fully saturated rings. The molecule has 0 aliphatic carbocycles. The minimum atomic E-state index is -0.842. The third-order valence-corrected chi connectivity index (χ3v) is 4.23. The molecule has 0 radical (unpaired) electrons. The number of amides is 1. The highest BCUT2D eigenvalue weighted by molar-refractivity contribution is 6.08. The van der Waals surface area contributed by atoms with Gasteiger partial charge in [0, 0.05) is 29.2 Å². The number of nitrogen functional groups attached to an aromatic ring is 1. The molecule has 0 saturated carbocycles. The first-order valence-electron chi connectivity index (χ1n) is 8.59. The minimum Gasteiger partial charge on any atom is -0.495 e. The van der Waals surface area contributed by atoms with Gasteiger partial charge in [0.05, 0.1) is 12.8 Å². The summed E-state index contributed by atoms with van der Waals surface area (Å²) in [6.45, 7) is -0.532. The van der Waals surface area contributed by atoms with E-state index in [4.69, 9.17) is 19.6 Å². The van der Waals surface area contributed by atoms with Gasteiger partial charge in [0.2, 0.25) is 0 Å². The molecule has 3 N–H and O–H groups in total. The Hall–Kier alpha value is -4.14. The molecule has 0 bridgehead atoms. The maximum absolute atomic E-state index is 12.3. The average Bonchev–Trinajstić information content (AvgIpc) is 3.09. The lowest BCUT2D eigenvalue weighted by atomic mass is 10.1. The number of hydrogen-bond acceptors (Lipinski definition) is 8. The molecule has 1 amide bonds. The largest absolute Gasteiger partial charge is 0.495 e. The molecule has 4 aromatic rings. The molecule has 0 unspecified atom stereocenters. The lowest BCUT2D eigenvalue weighted by Gasteiger charge is -2.11. The molecular formula is C20H16N4O5. The summed E-state index contributed by atoms with van der Waals surface area (Å²) in [7, 11) is 1.50. The van der Waals surface area contributed by atoms with Crippen LogP contribution >= 0.6 is 0 Å². The van der Waals surface area contributed by atoms with Gasteiger partial charge < -0.3 is 24.9 Å². The second-order valence-electron chi connectivity index (χ2n) is 6.06. The van der Waals surface area contributed by atoms with Crippen LogP contribution in [-0.2, 0) is 9.53 Å². The molecule has 9 heteroatoms. The maximum atomic E-state index is 12.3. The monoisotopic (exact) mass is 392 g/mol. The summed E-state index contributed by atoms with van der Waals surface area (Å²) in [5, 5.41) is 4.45. The number of esters is 1. The van der Waals surface area contributed by atoms with Crippen LogP contribution < -0.4 is 15.8 Å². The molecule has 2 aromatic carbocycles. The molecule has 0 saturated heterocycles. The van der Waals surface area contributed by atoms with Gasteiger partial charge in [0.15, 0.2) is 18.1 Å². The molecule has 0 aliphatic rings. The summed E-state index contributed by atoms with van der Waals surface area (Å²) in [5.74, 6) is -1.03. The van der Waals surface area contributed by atoms with E-state index >= 15 is 0 Å². The first-order valence-corrected chi connectivity index (χ1v) is 8.59. The van der Waals surface area contributed by atoms with Crippen LogP contribution in [-0.4, -0.2) is 35.6 Å². The minimum absolute atomic E-state index is 0.0742. The average molecular weight is 392 g/mol. The number of furan rings is 1. The Bertz CT molecular complexity index is 1230. The zero-order valence-corrected chi connectivity index (χ0v) is 15.3. The number of anilines is 2. The highest BCUT2D eigenvalue weighted by Gasteiger charge is 2.17. The van der Waals surface area contributed by atoms with Crippen LogP contribution in [0, 0.1) is 0 Å². The van der Waals surface area contributed by atoms with Crippen LogP contribution in [0.1, 0.15) is 10.5 Å². The molecule has 29 heavy (non-hydrogen) atoms. The van der Waals surface area contributed by atoms with Crippen LogP contribution in [0.4, 0.5) is 11.5 Å². The summed E-state index contributed by atoms with van der Waals surface area (Å²) in [4.78, 5) is 31.8. The van der Waals surface area contributed by atoms with Crippen molar-refractivity contribution >= 4 is 45.3 Å². The van der Waals surface area contributed by atoms with Crippen LogP contribution in [0.3, 0.4) is 0 Å². The van der Waals surface area contributed by atoms with E-state index in [0.29, 0.717) is 17.0 Å². The summed E-state index contributed by atoms with van der Waals surface area (Å²) in [5.41, 5.74) is 7.12. The van der Waals surface area contributed by atoms with Gasteiger partial charge in [-0.3, -0.25) is 4.79 Å². The van der Waals surface area contributed by atoms with Crippen molar-refractivity contribution in [3.8, 4) is 5.75 Å². The quantitative estimate of drug-likeness (QED) is 0.496. The van der Waals surface area contributed by atoms with Gasteiger partial charge in [-0.05, 0) is 12.1 Å². The molecule has 0 aliphatic heterocycles. The van der Waals surface area contributed by atoms with Crippen LogP contribution in [0.25, 0.3) is 21.9 Å². The summed E-state index contributed by atoms with van der Waals surface area (Å²) >= 11 is 0. The maximum Gasteiger partial charge on any atom is 0.361 e. The Kier molecular flexibility index (Phi) is 4.70. The molecule has 2 heterocycles. The lowest BCUT2D eigenvalue weighted by molar-refractivity contribution is -0.119. The molecule has 0 atom stereocenters. The Morgan fingerprint density at radius 1 is 1.10 bits per heavy atom. The number of rotatable bonds is 5. The van der Waals surface area contributed by atoms with E-state index in [1.165, 1.54) is 19.5 Å². The summed E-state index contributed by atoms with van der Waals surface area (Å²) in [6.07, 6.45) is 2.65. The second-order valence-corrected chi connectivity index (χ2v) is 6.06. The Balaban J connectivity index is 1.52. The number of fused-ring (bicyclic) bond motifs is 3. The third-order valence-electron chi connectivity index (χ3n) is 4.23. The van der Waals surface area contributed by atoms with E-state index in [9.17, 15) is 9.59 Å². The fourth-order valence-corrected chi connectivity index (χ4v) is 2.91. The van der Waals surface area contributed by atoms with E-state index in [1.807, 2.05) is 24.3 Å². The molecule has 9 nitrogen and oxygen atoms in total. The number of aromatic nitrogens is 2. The fourth-order valence-electron chi connectivity index (χ4n) is 2.91. The molecule has 146 valence electrons. The van der Waals surface area contributed by atoms with Crippen LogP contribution in [0.15, 0.2) is 53.2 Å². The van der Waals surface area contributed by atoms with Crippen molar-refractivity contribution in [2.45, 2.75) is 0 Å². The van der Waals surface area contributed by atoms with E-state index in [1.54, 1.807) is 12.1 Å². The first-order chi connectivity index (χ1) is 14.1. The smallest absolute Gasteiger partial charge is 0.361 e. The van der Waals surface area contributed by atoms with E-state index < -0.39 is 18.5 Å². The Morgan fingerprint density at radius 3 is 2.69 bits per heavy atom. The van der Waals surface area contributed by atoms with Gasteiger partial charge in [-0.1, -0.05) is 18.2 Å². The van der Waals surface area contributed by atoms with E-state index in [0.717, 1.165) is 16.4 Å². The van der Waals surface area contributed by atoms with Crippen molar-refractivity contribution in [1.82, 2.24) is 9.97 Å². The molecular weight excluding hydrogens is 376 g/mol. The third kappa shape index (κ3) is 3.53. The molecule has 0 spiro atoms. The van der Waals surface area contributed by atoms with E-state index in [2.05, 4.69) is 15.3 Å². The highest BCUT2D eigenvalue weighted by atomic mass is 16.5. The number of benzene rings is 2. The Morgan fingerprint density at radius 2 is 1.90 bits per heavy atom. The topological polar surface area (TPSA) is 130 Å². The normalized spacial score (nSPS) is 10.8. The molecule has 4 rings (SSSR count). The number of nitrogens with zero attached hydrogens (tertiary/aromatic N) is 2. The van der Waals surface area contributed by atoms with Crippen LogP contribution in [0.2, 0.25) is 0 Å². The number of ether oxygens (including phenoxy) is 2. The van der Waals surface area contributed by atoms with Crippen LogP contribution in [0.5, 0.6) is 5.75 Å². The first kappa shape index (κ1) is 18.2. The van der Waals surface area contributed by atoms with Gasteiger partial charge in [0.25, 0.3) is 5.91 Å². The lowest BCUT2D eigenvalue weighted by Crippen LogP contribution is -2.22. The van der Waals surface area contributed by atoms with Gasteiger partial charge in [-0.2, -0.15) is 0 Å². The highest BCUT2D eigenvalue weighted by Crippen LogP contribution is 2.36. The summed E-state index contributed by atoms with van der Waals surface area (Å²) < 4.78 is 16.2. The predicted molar refractivity (Wildman–Crippen MR) is 106 cm³/mol. The standard InChI is InChI=1S/C20H16N4O5/c1-27-16-8-12-11-4-2-3-5-14(11)29-15(12)9-13(16)24-17(25)10-28-20(26)18-19(21)23-7-6-22-18/h2-9H,10H2,1H3,(H2,21,23)(H,24,25). The fraction of sp³-hybridized carbons (Fsp3) is 0.100. The number of nitrogens with two attached hydrogens (primary N) is 1. The Labute approximate surface area is 164 Å². The van der Waals surface area contributed by atoms with E-state index in [-0.39, 0.29) is 11.5 Å². The second kappa shape index (κ2) is 7.47. The number of hydrogen-bond donors (Lipinski definition) is 2. The van der Waals surface area contributed by atoms with Gasteiger partial charge >= 0.3 is 5.97 Å². The van der Waals surface area contributed by atoms with Crippen molar-refractivity contribution in [3.05, 3.63) is 54.5 Å².